The molecule has 0 N–H and O–H groups in total. The fraction of sp³-hybridized carbons (Fsp3) is 0.286. The molecule has 2 heterocycles. The van der Waals surface area contributed by atoms with Gasteiger partial charge in [0.05, 0.1) is 51.2 Å². The number of hydrogen-bond donors (Lipinski definition) is 0. The van der Waals surface area contributed by atoms with E-state index in [0.29, 0.717) is 59.5 Å². The molecular weight excluding hydrogens is 692 g/mol. The van der Waals surface area contributed by atoms with E-state index in [2.05, 4.69) is 20.9 Å². The number of ether oxygens (including phenoxy) is 4. The number of esters is 1. The Bertz CT molecular complexity index is 1980. The molecule has 11 heteroatoms. The monoisotopic (exact) mass is 724 g/mol. The Morgan fingerprint density at radius 2 is 1.85 bits per heavy atom. The molecule has 1 aliphatic rings. The number of halogens is 2. The first-order valence-corrected chi connectivity index (χ1v) is 16.7. The summed E-state index contributed by atoms with van der Waals surface area (Å²) in [6.45, 7) is 9.90. The van der Waals surface area contributed by atoms with Crippen molar-refractivity contribution >= 4 is 50.9 Å². The van der Waals surface area contributed by atoms with Crippen molar-refractivity contribution in [2.24, 2.45) is 4.99 Å². The van der Waals surface area contributed by atoms with Gasteiger partial charge in [-0.25, -0.2) is 9.79 Å². The quantitative estimate of drug-likeness (QED) is 0.166. The smallest absolute Gasteiger partial charge is 0.338 e. The number of aryl methyl sites for hydroxylation is 1. The Hall–Kier alpha value is -3.86. The number of rotatable bonds is 10. The number of nitrogens with zero attached hydrogens (tertiary/aromatic N) is 2. The lowest BCUT2D eigenvalue weighted by Crippen LogP contribution is -2.40. The van der Waals surface area contributed by atoms with Crippen molar-refractivity contribution in [3.8, 4) is 17.2 Å². The van der Waals surface area contributed by atoms with Crippen LogP contribution in [0.25, 0.3) is 6.08 Å². The Morgan fingerprint density at radius 3 is 2.50 bits per heavy atom. The van der Waals surface area contributed by atoms with Gasteiger partial charge in [-0.05, 0) is 97.6 Å². The molecule has 0 fully saturated rings. The number of benzene rings is 3. The number of carbonyl (C=O) groups is 1. The first-order valence-electron chi connectivity index (χ1n) is 14.7. The van der Waals surface area contributed by atoms with Gasteiger partial charge < -0.3 is 18.9 Å². The third-order valence-corrected chi connectivity index (χ3v) is 9.06. The van der Waals surface area contributed by atoms with Gasteiger partial charge in [-0.1, -0.05) is 58.8 Å². The lowest BCUT2D eigenvalue weighted by atomic mass is 9.95. The first kappa shape index (κ1) is 33.5. The van der Waals surface area contributed by atoms with Gasteiger partial charge in [0.15, 0.2) is 22.0 Å². The molecule has 0 spiro atoms. The summed E-state index contributed by atoms with van der Waals surface area (Å²) in [6, 6.07) is 16.3. The summed E-state index contributed by atoms with van der Waals surface area (Å²) in [7, 11) is 1.55. The number of aromatic nitrogens is 1. The maximum absolute atomic E-state index is 14.1. The Morgan fingerprint density at radius 1 is 1.11 bits per heavy atom. The van der Waals surface area contributed by atoms with Crippen LogP contribution in [0.4, 0.5) is 0 Å². The molecule has 3 aromatic carbocycles. The Labute approximate surface area is 284 Å². The number of thiazole rings is 1. The number of allylic oxidation sites excluding steroid dienone is 1. The van der Waals surface area contributed by atoms with E-state index in [9.17, 15) is 9.59 Å². The van der Waals surface area contributed by atoms with Crippen LogP contribution in [0.3, 0.4) is 0 Å². The summed E-state index contributed by atoms with van der Waals surface area (Å²) in [5.41, 5.74) is 3.98. The van der Waals surface area contributed by atoms with Crippen molar-refractivity contribution in [3.05, 3.63) is 117 Å². The van der Waals surface area contributed by atoms with Crippen LogP contribution < -0.4 is 29.1 Å². The third-order valence-electron chi connectivity index (χ3n) is 7.21. The summed E-state index contributed by atoms with van der Waals surface area (Å²) in [6.07, 6.45) is 1.68. The summed E-state index contributed by atoms with van der Waals surface area (Å²) in [5, 5.41) is 0.398. The minimum atomic E-state index is -0.799. The molecule has 1 aromatic heterocycles. The summed E-state index contributed by atoms with van der Waals surface area (Å²) >= 11 is 11.5. The van der Waals surface area contributed by atoms with E-state index in [4.69, 9.17) is 30.5 Å². The molecule has 0 aliphatic carbocycles. The van der Waals surface area contributed by atoms with Gasteiger partial charge in [0.2, 0.25) is 0 Å². The average Bonchev–Trinajstić information content (AvgIpc) is 3.30. The fourth-order valence-corrected chi connectivity index (χ4v) is 7.14. The molecule has 240 valence electrons. The van der Waals surface area contributed by atoms with Crippen LogP contribution in [-0.2, 0) is 16.1 Å². The van der Waals surface area contributed by atoms with E-state index in [1.165, 1.54) is 21.5 Å². The van der Waals surface area contributed by atoms with Gasteiger partial charge in [-0.15, -0.1) is 0 Å². The molecule has 0 saturated heterocycles. The van der Waals surface area contributed by atoms with Crippen LogP contribution in [0.15, 0.2) is 80.1 Å². The van der Waals surface area contributed by atoms with E-state index in [1.807, 2.05) is 57.2 Å². The van der Waals surface area contributed by atoms with E-state index in [-0.39, 0.29) is 23.8 Å². The van der Waals surface area contributed by atoms with Crippen LogP contribution in [0, 0.1) is 6.92 Å². The van der Waals surface area contributed by atoms with Crippen LogP contribution in [0.1, 0.15) is 56.0 Å². The molecule has 4 aromatic rings. The average molecular weight is 726 g/mol. The van der Waals surface area contributed by atoms with Gasteiger partial charge in [0.1, 0.15) is 6.61 Å². The van der Waals surface area contributed by atoms with E-state index < -0.39 is 12.0 Å². The molecule has 0 unspecified atom stereocenters. The minimum Gasteiger partial charge on any atom is -0.493 e. The summed E-state index contributed by atoms with van der Waals surface area (Å²) in [4.78, 5) is 32.5. The number of carbonyl (C=O) groups excluding carboxylic acids is 1. The zero-order valence-electron chi connectivity index (χ0n) is 26.4. The number of methoxy groups -OCH3 is 1. The molecule has 0 saturated carbocycles. The van der Waals surface area contributed by atoms with Crippen LogP contribution in [0.2, 0.25) is 5.02 Å². The molecule has 0 bridgehead atoms. The lowest BCUT2D eigenvalue weighted by molar-refractivity contribution is -0.139. The zero-order chi connectivity index (χ0) is 33.1. The van der Waals surface area contributed by atoms with Gasteiger partial charge >= 0.3 is 5.97 Å². The second-order valence-electron chi connectivity index (χ2n) is 11.0. The fourth-order valence-electron chi connectivity index (χ4n) is 5.10. The second-order valence-corrected chi connectivity index (χ2v) is 13.2. The van der Waals surface area contributed by atoms with Gasteiger partial charge in [-0.2, -0.15) is 0 Å². The standard InChI is InChI=1S/C35H34BrClN2O6S/c1-7-43-34(41)30-21(5)38-35-39(31(30)24-12-13-27(45-19(2)3)28(17-24)42-6)33(40)29(46-35)16-23-14-25(36)32(26(37)15-23)44-18-22-10-8-20(4)9-11-22/h8-17,19,31H,7,18H2,1-6H3/b29-16-/t31-/m1/s1. The molecule has 1 aliphatic heterocycles. The van der Waals surface area contributed by atoms with Gasteiger partial charge in [0.25, 0.3) is 5.56 Å². The van der Waals surface area contributed by atoms with Crippen molar-refractivity contribution in [2.75, 3.05) is 13.7 Å². The molecular formula is C35H34BrClN2O6S. The highest BCUT2D eigenvalue weighted by atomic mass is 79.9. The molecule has 46 heavy (non-hydrogen) atoms. The van der Waals surface area contributed by atoms with Crippen LogP contribution >= 0.6 is 38.9 Å². The van der Waals surface area contributed by atoms with E-state index >= 15 is 0 Å². The predicted octanol–water partition coefficient (Wildman–Crippen LogP) is 6.90. The third kappa shape index (κ3) is 7.09. The van der Waals surface area contributed by atoms with Crippen LogP contribution in [0.5, 0.6) is 17.2 Å². The highest BCUT2D eigenvalue weighted by molar-refractivity contribution is 9.10. The zero-order valence-corrected chi connectivity index (χ0v) is 29.5. The summed E-state index contributed by atoms with van der Waals surface area (Å²) < 4.78 is 25.6. The molecule has 8 nitrogen and oxygen atoms in total. The largest absolute Gasteiger partial charge is 0.493 e. The highest BCUT2D eigenvalue weighted by Gasteiger charge is 2.34. The molecule has 1 atom stereocenters. The van der Waals surface area contributed by atoms with Gasteiger partial charge in [0, 0.05) is 0 Å². The topological polar surface area (TPSA) is 88.4 Å². The maximum Gasteiger partial charge on any atom is 0.338 e. The SMILES string of the molecule is CCOC(=O)C1=C(C)N=c2s/c(=C\c3cc(Cl)c(OCc4ccc(C)cc4)c(Br)c3)c(=O)n2[C@@H]1c1ccc(OC(C)C)c(OC)c1. The van der Waals surface area contributed by atoms with E-state index in [0.717, 1.165) is 5.56 Å². The van der Waals surface area contributed by atoms with Crippen molar-refractivity contribution in [3.63, 3.8) is 0 Å². The van der Waals surface area contributed by atoms with E-state index in [1.54, 1.807) is 45.2 Å². The van der Waals surface area contributed by atoms with Crippen molar-refractivity contribution in [1.82, 2.24) is 4.57 Å². The Balaban J connectivity index is 1.57. The molecule has 5 rings (SSSR count). The number of fused-ring (bicyclic) bond motifs is 1. The normalized spacial score (nSPS) is 14.6. The van der Waals surface area contributed by atoms with Gasteiger partial charge in [-0.3, -0.25) is 9.36 Å². The van der Waals surface area contributed by atoms with Crippen LogP contribution in [-0.4, -0.2) is 30.4 Å². The maximum atomic E-state index is 14.1. The second kappa shape index (κ2) is 14.3. The van der Waals surface area contributed by atoms with Crippen molar-refractivity contribution in [2.45, 2.75) is 53.4 Å². The first-order chi connectivity index (χ1) is 22.0. The Kier molecular flexibility index (Phi) is 10.4. The highest BCUT2D eigenvalue weighted by Crippen LogP contribution is 2.37. The molecule has 0 amide bonds. The van der Waals surface area contributed by atoms with Crippen molar-refractivity contribution < 1.29 is 23.7 Å². The minimum absolute atomic E-state index is 0.0722. The predicted molar refractivity (Wildman–Crippen MR) is 184 cm³/mol. The number of hydrogen-bond acceptors (Lipinski definition) is 8. The lowest BCUT2D eigenvalue weighted by Gasteiger charge is -2.25. The molecule has 0 radical (unpaired) electrons. The van der Waals surface area contributed by atoms with Crippen molar-refractivity contribution in [1.29, 1.82) is 0 Å². The summed E-state index contributed by atoms with van der Waals surface area (Å²) in [5.74, 6) is 1.01.